The first-order chi connectivity index (χ1) is 8.97. The number of amidine groups is 1. The van der Waals surface area contributed by atoms with Crippen molar-refractivity contribution in [3.05, 3.63) is 0 Å². The summed E-state index contributed by atoms with van der Waals surface area (Å²) in [7, 11) is -3.59. The Bertz CT molecular complexity index is 492. The molecule has 0 atom stereocenters. The number of nitrogens with zero attached hydrogens (tertiary/aromatic N) is 5. The van der Waals surface area contributed by atoms with Crippen LogP contribution in [0.4, 0.5) is 25.2 Å². The monoisotopic (exact) mass is 339 g/mol. The summed E-state index contributed by atoms with van der Waals surface area (Å²) in [5.74, 6) is 0. The van der Waals surface area contributed by atoms with E-state index in [9.17, 15) is 25.2 Å². The van der Waals surface area contributed by atoms with Crippen LogP contribution in [0.5, 0.6) is 0 Å². The zero-order chi connectivity index (χ0) is 17.5. The SMILES string of the molecule is CN(C)C(ON=C(C#N)C#N)=[N+](C)C.F[P-](F)(F)(F)(F)F. The van der Waals surface area contributed by atoms with E-state index in [1.807, 2.05) is 0 Å². The molecule has 0 N–H and O–H groups in total. The van der Waals surface area contributed by atoms with Crippen molar-refractivity contribution < 1.29 is 34.6 Å². The molecule has 0 aromatic heterocycles. The third-order valence-corrected chi connectivity index (χ3v) is 1.20. The molecule has 13 heteroatoms. The van der Waals surface area contributed by atoms with Crippen molar-refractivity contribution in [1.82, 2.24) is 4.90 Å². The molecule has 0 amide bonds. The predicted octanol–water partition coefficient (Wildman–Crippen LogP) is 2.98. The zero-order valence-electron chi connectivity index (χ0n) is 11.4. The maximum absolute atomic E-state index is 10.7. The number of oxime groups is 1. The average Bonchev–Trinajstić information content (AvgIpc) is 2.18. The first kappa shape index (κ1) is 21.2. The van der Waals surface area contributed by atoms with Gasteiger partial charge in [0.25, 0.3) is 5.71 Å². The maximum atomic E-state index is 9.87. The number of hydrogen-bond acceptors (Lipinski definition) is 4. The molecule has 0 fully saturated rings. The van der Waals surface area contributed by atoms with Gasteiger partial charge in [0.05, 0.1) is 28.2 Å². The van der Waals surface area contributed by atoms with E-state index in [0.717, 1.165) is 0 Å². The Hall–Kier alpha value is -2.07. The predicted molar refractivity (Wildman–Crippen MR) is 64.1 cm³/mol. The Balaban J connectivity index is 0. The van der Waals surface area contributed by atoms with Crippen molar-refractivity contribution >= 4 is 19.5 Å². The van der Waals surface area contributed by atoms with Crippen molar-refractivity contribution in [3.63, 3.8) is 0 Å². The minimum absolute atomic E-state index is 0.314. The molecule has 6 nitrogen and oxygen atoms in total. The molecule has 0 unspecified atom stereocenters. The quantitative estimate of drug-likeness (QED) is 0.184. The number of rotatable bonds is 1. The van der Waals surface area contributed by atoms with Crippen LogP contribution in [-0.2, 0) is 4.84 Å². The van der Waals surface area contributed by atoms with Crippen LogP contribution in [0.2, 0.25) is 0 Å². The fraction of sp³-hybridized carbons (Fsp3) is 0.500. The average molecular weight is 339 g/mol. The number of nitriles is 2. The van der Waals surface area contributed by atoms with Crippen LogP contribution < -0.4 is 0 Å². The minimum atomic E-state index is -10.7. The molecule has 0 aromatic rings. The van der Waals surface area contributed by atoms with Gasteiger partial charge in [-0.3, -0.25) is 4.84 Å². The van der Waals surface area contributed by atoms with Crippen LogP contribution in [0.3, 0.4) is 0 Å². The van der Waals surface area contributed by atoms with Crippen molar-refractivity contribution in [2.45, 2.75) is 0 Å². The Morgan fingerprint density at radius 3 is 1.57 bits per heavy atom. The molecule has 122 valence electrons. The van der Waals surface area contributed by atoms with Gasteiger partial charge in [-0.1, -0.05) is 0 Å². The van der Waals surface area contributed by atoms with E-state index in [4.69, 9.17) is 15.4 Å². The third kappa shape index (κ3) is 20.4. The van der Waals surface area contributed by atoms with Crippen molar-refractivity contribution in [2.24, 2.45) is 5.16 Å². The second-order valence-electron chi connectivity index (χ2n) is 3.78. The molecule has 0 radical (unpaired) electrons. The van der Waals surface area contributed by atoms with Crippen LogP contribution in [0.15, 0.2) is 5.16 Å². The second-order valence-corrected chi connectivity index (χ2v) is 5.70. The molecular formula is C8H12F6N5OP. The topological polar surface area (TPSA) is 75.4 Å². The number of halogens is 6. The van der Waals surface area contributed by atoms with Gasteiger partial charge < -0.3 is 0 Å². The molecule has 0 bridgehead atoms. The molecule has 0 aromatic carbocycles. The normalized spacial score (nSPS) is 13.0. The van der Waals surface area contributed by atoms with Gasteiger partial charge in [-0.2, -0.15) is 10.5 Å². The van der Waals surface area contributed by atoms with Crippen molar-refractivity contribution in [2.75, 3.05) is 28.2 Å². The van der Waals surface area contributed by atoms with E-state index in [1.54, 1.807) is 49.8 Å². The Kier molecular flexibility index (Phi) is 6.21. The van der Waals surface area contributed by atoms with Crippen molar-refractivity contribution in [1.29, 1.82) is 10.5 Å². The van der Waals surface area contributed by atoms with Gasteiger partial charge in [0, 0.05) is 0 Å². The summed E-state index contributed by atoms with van der Waals surface area (Å²) in [6, 6.07) is 3.63. The molecule has 0 aliphatic carbocycles. The van der Waals surface area contributed by atoms with Crippen LogP contribution in [0.1, 0.15) is 0 Å². The summed E-state index contributed by atoms with van der Waals surface area (Å²) < 4.78 is 60.9. The summed E-state index contributed by atoms with van der Waals surface area (Å²) in [4.78, 5) is 6.60. The molecule has 0 aliphatic heterocycles. The van der Waals surface area contributed by atoms with Gasteiger partial charge in [-0.15, -0.1) is 0 Å². The fourth-order valence-electron chi connectivity index (χ4n) is 0.716. The van der Waals surface area contributed by atoms with E-state index >= 15 is 0 Å². The van der Waals surface area contributed by atoms with E-state index in [1.165, 1.54) is 0 Å². The van der Waals surface area contributed by atoms with Gasteiger partial charge >= 0.3 is 39.0 Å². The van der Waals surface area contributed by atoms with Crippen LogP contribution >= 0.6 is 7.81 Å². The first-order valence-electron chi connectivity index (χ1n) is 4.81. The zero-order valence-corrected chi connectivity index (χ0v) is 12.3. The molecule has 0 spiro atoms. The number of hydrogen-bond donors (Lipinski definition) is 0. The van der Waals surface area contributed by atoms with Gasteiger partial charge in [-0.25, -0.2) is 9.48 Å². The van der Waals surface area contributed by atoms with Crippen LogP contribution in [0.25, 0.3) is 0 Å². The molecular weight excluding hydrogens is 327 g/mol. The first-order valence-corrected chi connectivity index (χ1v) is 6.84. The van der Waals surface area contributed by atoms with Crippen LogP contribution in [-0.4, -0.2) is 49.4 Å². The van der Waals surface area contributed by atoms with Gasteiger partial charge in [0.2, 0.25) is 0 Å². The standard InChI is InChI=1S/C8H12N5O.F6P/c1-12(2)8(13(3)4)14-11-7(5-9)6-10;1-7(2,3,4,5)6/h1-4H3;/q+1;-1. The second kappa shape index (κ2) is 6.14. The summed E-state index contributed by atoms with van der Waals surface area (Å²) in [5.41, 5.74) is -0.314. The molecule has 0 rings (SSSR count). The van der Waals surface area contributed by atoms with E-state index in [0.29, 0.717) is 6.02 Å². The molecule has 0 heterocycles. The fourth-order valence-corrected chi connectivity index (χ4v) is 0.716. The summed E-state index contributed by atoms with van der Waals surface area (Å²) in [6.45, 7) is 0. The Morgan fingerprint density at radius 1 is 1.05 bits per heavy atom. The molecule has 0 saturated heterocycles. The molecule has 0 aliphatic rings. The summed E-state index contributed by atoms with van der Waals surface area (Å²) >= 11 is 0. The van der Waals surface area contributed by atoms with Crippen molar-refractivity contribution in [3.8, 4) is 12.1 Å². The summed E-state index contributed by atoms with van der Waals surface area (Å²) in [6.07, 6.45) is 0. The third-order valence-electron chi connectivity index (χ3n) is 1.20. The Labute approximate surface area is 116 Å². The van der Waals surface area contributed by atoms with Gasteiger partial charge in [0.1, 0.15) is 12.1 Å². The molecule has 0 saturated carbocycles. The van der Waals surface area contributed by atoms with Crippen LogP contribution in [0, 0.1) is 22.7 Å². The Morgan fingerprint density at radius 2 is 1.38 bits per heavy atom. The van der Waals surface area contributed by atoms with E-state index in [2.05, 4.69) is 5.16 Å². The van der Waals surface area contributed by atoms with E-state index < -0.39 is 7.81 Å². The van der Waals surface area contributed by atoms with Gasteiger partial charge in [-0.05, 0) is 5.16 Å². The van der Waals surface area contributed by atoms with Gasteiger partial charge in [0.15, 0.2) is 0 Å². The summed E-state index contributed by atoms with van der Waals surface area (Å²) in [5, 5.41) is 20.2. The molecule has 21 heavy (non-hydrogen) atoms. The van der Waals surface area contributed by atoms with E-state index in [-0.39, 0.29) is 5.71 Å².